The first-order valence-corrected chi connectivity index (χ1v) is 10.1. The lowest BCUT2D eigenvalue weighted by atomic mass is 9.94. The first-order chi connectivity index (χ1) is 13.2. The van der Waals surface area contributed by atoms with E-state index in [0.717, 1.165) is 29.7 Å². The van der Waals surface area contributed by atoms with Crippen molar-refractivity contribution in [1.82, 2.24) is 4.90 Å². The number of amides is 1. The number of carbonyl (C=O) groups excluding carboxylic acids is 1. The van der Waals surface area contributed by atoms with Crippen LogP contribution < -0.4 is 4.90 Å². The summed E-state index contributed by atoms with van der Waals surface area (Å²) in [6, 6.07) is 5.67. The van der Waals surface area contributed by atoms with Gasteiger partial charge in [0, 0.05) is 24.7 Å². The largest absolute Gasteiger partial charge is 0.391 e. The van der Waals surface area contributed by atoms with Crippen LogP contribution in [0.4, 0.5) is 18.9 Å². The summed E-state index contributed by atoms with van der Waals surface area (Å²) in [5, 5.41) is 10.6. The van der Waals surface area contributed by atoms with E-state index in [-0.39, 0.29) is 24.7 Å². The number of aliphatic hydroxyl groups is 1. The average molecular weight is 398 g/mol. The number of hydrogen-bond acceptors (Lipinski definition) is 3. The zero-order valence-corrected chi connectivity index (χ0v) is 16.5. The minimum absolute atomic E-state index is 0.0733. The van der Waals surface area contributed by atoms with Crippen LogP contribution in [-0.4, -0.2) is 48.3 Å². The SMILES string of the molecule is CC(C)C(=O)N1CCCc2cc(C(O)CN3CCC(C(F)(F)F)CC3)ccc21. The van der Waals surface area contributed by atoms with Gasteiger partial charge in [-0.3, -0.25) is 4.79 Å². The molecule has 2 heterocycles. The standard InChI is InChI=1S/C21H29F3N2O2/c1-14(2)20(28)26-9-3-4-15-12-16(5-6-18(15)26)19(27)13-25-10-7-17(8-11-25)21(22,23)24/h5-6,12,14,17,19,27H,3-4,7-11,13H2,1-2H3. The minimum atomic E-state index is -4.12. The number of carbonyl (C=O) groups is 1. The maximum absolute atomic E-state index is 12.8. The summed E-state index contributed by atoms with van der Waals surface area (Å²) in [6.07, 6.45) is -2.95. The first kappa shape index (κ1) is 21.1. The van der Waals surface area contributed by atoms with Crippen molar-refractivity contribution in [2.45, 2.75) is 51.8 Å². The Morgan fingerprint density at radius 3 is 2.50 bits per heavy atom. The van der Waals surface area contributed by atoms with Crippen molar-refractivity contribution in [2.75, 3.05) is 31.1 Å². The fraction of sp³-hybridized carbons (Fsp3) is 0.667. The van der Waals surface area contributed by atoms with Gasteiger partial charge in [-0.05, 0) is 56.0 Å². The molecule has 0 saturated carbocycles. The highest BCUT2D eigenvalue weighted by atomic mass is 19.4. The lowest BCUT2D eigenvalue weighted by molar-refractivity contribution is -0.185. The summed E-state index contributed by atoms with van der Waals surface area (Å²) < 4.78 is 38.4. The Labute approximate surface area is 164 Å². The molecule has 2 aliphatic rings. The van der Waals surface area contributed by atoms with Gasteiger partial charge in [0.15, 0.2) is 0 Å². The number of alkyl halides is 3. The van der Waals surface area contributed by atoms with E-state index in [4.69, 9.17) is 0 Å². The molecular formula is C21H29F3N2O2. The highest BCUT2D eigenvalue weighted by molar-refractivity contribution is 5.95. The summed E-state index contributed by atoms with van der Waals surface area (Å²) in [7, 11) is 0. The molecule has 0 bridgehead atoms. The van der Waals surface area contributed by atoms with Crippen molar-refractivity contribution in [3.63, 3.8) is 0 Å². The summed E-state index contributed by atoms with van der Waals surface area (Å²) in [5.41, 5.74) is 2.72. The molecule has 1 aromatic carbocycles. The number of β-amino-alcohol motifs (C(OH)–C–C–N with tert-alkyl or cyclic N) is 1. The molecule has 0 aromatic heterocycles. The topological polar surface area (TPSA) is 43.8 Å². The van der Waals surface area contributed by atoms with E-state index < -0.39 is 18.2 Å². The molecular weight excluding hydrogens is 369 g/mol. The van der Waals surface area contributed by atoms with Crippen molar-refractivity contribution >= 4 is 11.6 Å². The fourth-order valence-electron chi connectivity index (χ4n) is 4.16. The van der Waals surface area contributed by atoms with Gasteiger partial charge in [-0.1, -0.05) is 26.0 Å². The number of anilines is 1. The van der Waals surface area contributed by atoms with E-state index in [1.807, 2.05) is 41.8 Å². The molecule has 1 saturated heterocycles. The zero-order valence-electron chi connectivity index (χ0n) is 16.5. The van der Waals surface area contributed by atoms with Gasteiger partial charge in [0.2, 0.25) is 5.91 Å². The van der Waals surface area contributed by atoms with Crippen LogP contribution in [0, 0.1) is 11.8 Å². The number of fused-ring (bicyclic) bond motifs is 1. The second-order valence-electron chi connectivity index (χ2n) is 8.27. The average Bonchev–Trinajstić information content (AvgIpc) is 2.66. The van der Waals surface area contributed by atoms with Crippen molar-refractivity contribution < 1.29 is 23.1 Å². The normalized spacial score (nSPS) is 20.3. The molecule has 1 atom stereocenters. The Morgan fingerprint density at radius 2 is 1.89 bits per heavy atom. The number of hydrogen-bond donors (Lipinski definition) is 1. The van der Waals surface area contributed by atoms with Gasteiger partial charge in [-0.25, -0.2) is 0 Å². The van der Waals surface area contributed by atoms with Gasteiger partial charge in [-0.15, -0.1) is 0 Å². The molecule has 0 radical (unpaired) electrons. The van der Waals surface area contributed by atoms with E-state index in [0.29, 0.717) is 26.2 Å². The lowest BCUT2D eigenvalue weighted by Crippen LogP contribution is -2.40. The highest BCUT2D eigenvalue weighted by Crippen LogP contribution is 2.35. The number of rotatable bonds is 4. The number of halogens is 3. The molecule has 1 fully saturated rings. The van der Waals surface area contributed by atoms with Crippen LogP contribution >= 0.6 is 0 Å². The van der Waals surface area contributed by atoms with Crippen molar-refractivity contribution in [2.24, 2.45) is 11.8 Å². The second kappa shape index (κ2) is 8.41. The summed E-state index contributed by atoms with van der Waals surface area (Å²) in [4.78, 5) is 16.2. The first-order valence-electron chi connectivity index (χ1n) is 10.1. The predicted octanol–water partition coefficient (Wildman–Crippen LogP) is 3.93. The summed E-state index contributed by atoms with van der Waals surface area (Å²) in [5.74, 6) is -1.20. The van der Waals surface area contributed by atoms with Crippen LogP contribution in [0.25, 0.3) is 0 Å². The molecule has 1 unspecified atom stereocenters. The predicted molar refractivity (Wildman–Crippen MR) is 102 cm³/mol. The van der Waals surface area contributed by atoms with E-state index in [1.165, 1.54) is 0 Å². The van der Waals surface area contributed by atoms with E-state index in [9.17, 15) is 23.1 Å². The number of aliphatic hydroxyl groups excluding tert-OH is 1. The molecule has 7 heteroatoms. The molecule has 1 amide bonds. The molecule has 0 spiro atoms. The van der Waals surface area contributed by atoms with Crippen molar-refractivity contribution in [3.05, 3.63) is 29.3 Å². The molecule has 156 valence electrons. The van der Waals surface area contributed by atoms with Crippen LogP contribution in [-0.2, 0) is 11.2 Å². The lowest BCUT2D eigenvalue weighted by Gasteiger charge is -2.34. The van der Waals surface area contributed by atoms with Gasteiger partial charge in [0.1, 0.15) is 0 Å². The summed E-state index contributed by atoms with van der Waals surface area (Å²) in [6.45, 7) is 5.51. The number of piperidine rings is 1. The maximum atomic E-state index is 12.8. The highest BCUT2D eigenvalue weighted by Gasteiger charge is 2.41. The van der Waals surface area contributed by atoms with Gasteiger partial charge in [0.25, 0.3) is 0 Å². The minimum Gasteiger partial charge on any atom is -0.387 e. The Kier molecular flexibility index (Phi) is 6.34. The monoisotopic (exact) mass is 398 g/mol. The molecule has 28 heavy (non-hydrogen) atoms. The molecule has 3 rings (SSSR count). The van der Waals surface area contributed by atoms with Gasteiger partial charge in [0.05, 0.1) is 12.0 Å². The van der Waals surface area contributed by atoms with Crippen LogP contribution in [0.5, 0.6) is 0 Å². The van der Waals surface area contributed by atoms with Gasteiger partial charge < -0.3 is 14.9 Å². The zero-order chi connectivity index (χ0) is 20.5. The number of nitrogens with zero attached hydrogens (tertiary/aromatic N) is 2. The molecule has 4 nitrogen and oxygen atoms in total. The third-order valence-corrected chi connectivity index (χ3v) is 5.85. The smallest absolute Gasteiger partial charge is 0.387 e. The molecule has 1 N–H and O–H groups in total. The van der Waals surface area contributed by atoms with E-state index in [1.54, 1.807) is 0 Å². The Morgan fingerprint density at radius 1 is 1.21 bits per heavy atom. The number of aryl methyl sites for hydroxylation is 1. The van der Waals surface area contributed by atoms with E-state index >= 15 is 0 Å². The summed E-state index contributed by atoms with van der Waals surface area (Å²) >= 11 is 0. The Hall–Kier alpha value is -1.60. The van der Waals surface area contributed by atoms with Gasteiger partial charge in [-0.2, -0.15) is 13.2 Å². The van der Waals surface area contributed by atoms with Crippen LogP contribution in [0.15, 0.2) is 18.2 Å². The van der Waals surface area contributed by atoms with Crippen LogP contribution in [0.3, 0.4) is 0 Å². The quantitative estimate of drug-likeness (QED) is 0.836. The van der Waals surface area contributed by atoms with Crippen molar-refractivity contribution in [1.29, 1.82) is 0 Å². The third kappa shape index (κ3) is 4.69. The van der Waals surface area contributed by atoms with E-state index in [2.05, 4.69) is 0 Å². The molecule has 0 aliphatic carbocycles. The van der Waals surface area contributed by atoms with Crippen LogP contribution in [0.2, 0.25) is 0 Å². The molecule has 2 aliphatic heterocycles. The maximum Gasteiger partial charge on any atom is 0.391 e. The fourth-order valence-corrected chi connectivity index (χ4v) is 4.16. The van der Waals surface area contributed by atoms with Crippen molar-refractivity contribution in [3.8, 4) is 0 Å². The number of likely N-dealkylation sites (tertiary alicyclic amines) is 1. The Balaban J connectivity index is 1.64. The Bertz CT molecular complexity index is 697. The third-order valence-electron chi connectivity index (χ3n) is 5.85. The second-order valence-corrected chi connectivity index (χ2v) is 8.27. The number of benzene rings is 1. The van der Waals surface area contributed by atoms with Crippen LogP contribution in [0.1, 0.15) is 50.3 Å². The molecule has 1 aromatic rings. The van der Waals surface area contributed by atoms with Gasteiger partial charge >= 0.3 is 6.18 Å².